The van der Waals surface area contributed by atoms with E-state index in [4.69, 9.17) is 4.42 Å². The van der Waals surface area contributed by atoms with Crippen LogP contribution >= 0.6 is 11.8 Å². The molecular weight excluding hydrogens is 222 g/mol. The molecule has 0 N–H and O–H groups in total. The zero-order valence-electron chi connectivity index (χ0n) is 9.73. The zero-order valence-corrected chi connectivity index (χ0v) is 10.5. The molecule has 0 unspecified atom stereocenters. The Hall–Kier alpha value is -0.900. The number of hydrogen-bond donors (Lipinski definition) is 0. The molecular formula is C12H17NO2S. The molecule has 1 aromatic rings. The van der Waals surface area contributed by atoms with Crippen molar-refractivity contribution in [1.29, 1.82) is 0 Å². The fourth-order valence-corrected chi connectivity index (χ4v) is 2.92. The Balaban J connectivity index is 2.07. The van der Waals surface area contributed by atoms with Gasteiger partial charge in [-0.2, -0.15) is 11.8 Å². The molecule has 0 saturated carbocycles. The van der Waals surface area contributed by atoms with Crippen molar-refractivity contribution < 1.29 is 9.21 Å². The number of carbonyl (C=O) groups is 1. The second kappa shape index (κ2) is 4.53. The number of hydrogen-bond acceptors (Lipinski definition) is 4. The molecule has 16 heavy (non-hydrogen) atoms. The Labute approximate surface area is 100 Å². The first-order valence-corrected chi connectivity index (χ1v) is 6.53. The van der Waals surface area contributed by atoms with Gasteiger partial charge in [0.1, 0.15) is 0 Å². The summed E-state index contributed by atoms with van der Waals surface area (Å²) in [5.74, 6) is 2.33. The van der Waals surface area contributed by atoms with E-state index in [-0.39, 0.29) is 0 Å². The van der Waals surface area contributed by atoms with Gasteiger partial charge in [-0.15, -0.1) is 0 Å². The maximum absolute atomic E-state index is 10.6. The third-order valence-electron chi connectivity index (χ3n) is 2.88. The first-order valence-electron chi connectivity index (χ1n) is 5.55. The van der Waals surface area contributed by atoms with Crippen LogP contribution in [0.1, 0.15) is 30.8 Å². The highest BCUT2D eigenvalue weighted by molar-refractivity contribution is 8.00. The van der Waals surface area contributed by atoms with E-state index < -0.39 is 0 Å². The summed E-state index contributed by atoms with van der Waals surface area (Å²) in [6.45, 7) is 6.53. The summed E-state index contributed by atoms with van der Waals surface area (Å²) in [4.78, 5) is 12.8. The van der Waals surface area contributed by atoms with Crippen LogP contribution in [-0.2, 0) is 0 Å². The highest BCUT2D eigenvalue weighted by atomic mass is 32.2. The largest absolute Gasteiger partial charge is 0.438 e. The van der Waals surface area contributed by atoms with Crippen LogP contribution in [0, 0.1) is 0 Å². The maximum atomic E-state index is 10.6. The predicted molar refractivity (Wildman–Crippen MR) is 67.5 cm³/mol. The van der Waals surface area contributed by atoms with Crippen LogP contribution in [-0.4, -0.2) is 29.9 Å². The van der Waals surface area contributed by atoms with Gasteiger partial charge in [0, 0.05) is 29.7 Å². The van der Waals surface area contributed by atoms with E-state index in [1.54, 1.807) is 6.07 Å². The summed E-state index contributed by atoms with van der Waals surface area (Å²) < 4.78 is 5.79. The lowest BCUT2D eigenvalue weighted by Crippen LogP contribution is -2.26. The molecule has 1 aliphatic rings. The van der Waals surface area contributed by atoms with E-state index >= 15 is 0 Å². The lowest BCUT2D eigenvalue weighted by atomic mass is 10.1. The fourth-order valence-electron chi connectivity index (χ4n) is 1.82. The molecule has 0 bridgehead atoms. The van der Waals surface area contributed by atoms with Gasteiger partial charge in [-0.25, -0.2) is 0 Å². The molecule has 2 rings (SSSR count). The highest BCUT2D eigenvalue weighted by Gasteiger charge is 2.24. The first kappa shape index (κ1) is 11.6. The predicted octanol–water partition coefficient (Wildman–Crippen LogP) is 2.81. The Morgan fingerprint density at radius 3 is 2.94 bits per heavy atom. The van der Waals surface area contributed by atoms with Gasteiger partial charge in [0.2, 0.25) is 0 Å². The summed E-state index contributed by atoms with van der Waals surface area (Å²) >= 11 is 2.00. The van der Waals surface area contributed by atoms with Gasteiger partial charge < -0.3 is 9.32 Å². The van der Waals surface area contributed by atoms with Crippen molar-refractivity contribution in [2.45, 2.75) is 25.0 Å². The third-order valence-corrected chi connectivity index (χ3v) is 4.25. The molecule has 1 aliphatic heterocycles. The summed E-state index contributed by atoms with van der Waals surface area (Å²) in [6.07, 6.45) is 1.88. The van der Waals surface area contributed by atoms with Gasteiger partial charge in [-0.3, -0.25) is 4.79 Å². The second-order valence-corrected chi connectivity index (χ2v) is 6.44. The average Bonchev–Trinajstić information content (AvgIpc) is 2.64. The van der Waals surface area contributed by atoms with Gasteiger partial charge >= 0.3 is 0 Å². The standard InChI is InChI=1S/C12H17NO2S/c1-12(2)5-6-13(7-8-16-12)11-4-3-10(9-14)15-11/h3-4,9H,5-8H2,1-2H3. The van der Waals surface area contributed by atoms with E-state index in [0.717, 1.165) is 37.4 Å². The van der Waals surface area contributed by atoms with Gasteiger partial charge in [0.25, 0.3) is 0 Å². The maximum Gasteiger partial charge on any atom is 0.196 e. The summed E-state index contributed by atoms with van der Waals surface area (Å²) in [7, 11) is 0. The first-order chi connectivity index (χ1) is 7.61. The van der Waals surface area contributed by atoms with Gasteiger partial charge in [-0.1, -0.05) is 13.8 Å². The number of carbonyl (C=O) groups excluding carboxylic acids is 1. The van der Waals surface area contributed by atoms with Crippen molar-refractivity contribution in [3.8, 4) is 0 Å². The molecule has 0 radical (unpaired) electrons. The van der Waals surface area contributed by atoms with E-state index in [1.165, 1.54) is 0 Å². The van der Waals surface area contributed by atoms with Crippen LogP contribution in [0.2, 0.25) is 0 Å². The Morgan fingerprint density at radius 2 is 2.25 bits per heavy atom. The smallest absolute Gasteiger partial charge is 0.196 e. The normalized spacial score (nSPS) is 20.5. The van der Waals surface area contributed by atoms with E-state index in [2.05, 4.69) is 18.7 Å². The van der Waals surface area contributed by atoms with Crippen LogP contribution in [0.25, 0.3) is 0 Å². The van der Waals surface area contributed by atoms with Crippen molar-refractivity contribution in [1.82, 2.24) is 0 Å². The molecule has 0 aromatic carbocycles. The minimum atomic E-state index is 0.342. The Morgan fingerprint density at radius 1 is 1.44 bits per heavy atom. The summed E-state index contributed by atoms with van der Waals surface area (Å²) in [5.41, 5.74) is 0. The van der Waals surface area contributed by atoms with Crippen LogP contribution in [0.4, 0.5) is 5.88 Å². The van der Waals surface area contributed by atoms with Gasteiger partial charge in [0.15, 0.2) is 17.9 Å². The Bertz CT molecular complexity index is 373. The van der Waals surface area contributed by atoms with Crippen molar-refractivity contribution in [2.75, 3.05) is 23.7 Å². The highest BCUT2D eigenvalue weighted by Crippen LogP contribution is 2.32. The average molecular weight is 239 g/mol. The minimum Gasteiger partial charge on any atom is -0.438 e. The molecule has 0 spiro atoms. The van der Waals surface area contributed by atoms with Crippen molar-refractivity contribution in [3.05, 3.63) is 17.9 Å². The summed E-state index contributed by atoms with van der Waals surface area (Å²) in [5, 5.41) is 0. The van der Waals surface area contributed by atoms with Gasteiger partial charge in [-0.05, 0) is 12.5 Å². The number of thioether (sulfide) groups is 1. The quantitative estimate of drug-likeness (QED) is 0.743. The molecule has 88 valence electrons. The van der Waals surface area contributed by atoms with Crippen LogP contribution < -0.4 is 4.90 Å². The fraction of sp³-hybridized carbons (Fsp3) is 0.583. The van der Waals surface area contributed by atoms with Crippen LogP contribution in [0.3, 0.4) is 0 Å². The van der Waals surface area contributed by atoms with E-state index in [0.29, 0.717) is 10.5 Å². The molecule has 1 fully saturated rings. The zero-order chi connectivity index (χ0) is 11.6. The summed E-state index contributed by atoms with van der Waals surface area (Å²) in [6, 6.07) is 3.61. The molecule has 3 nitrogen and oxygen atoms in total. The second-order valence-electron chi connectivity index (χ2n) is 4.64. The van der Waals surface area contributed by atoms with E-state index in [1.807, 2.05) is 17.8 Å². The number of anilines is 1. The number of aldehydes is 1. The molecule has 0 aliphatic carbocycles. The minimum absolute atomic E-state index is 0.342. The van der Waals surface area contributed by atoms with Crippen LogP contribution in [0.5, 0.6) is 0 Å². The lowest BCUT2D eigenvalue weighted by Gasteiger charge is -2.22. The van der Waals surface area contributed by atoms with Crippen molar-refractivity contribution in [3.63, 3.8) is 0 Å². The molecule has 0 atom stereocenters. The molecule has 2 heterocycles. The molecule has 4 heteroatoms. The number of nitrogens with zero attached hydrogens (tertiary/aromatic N) is 1. The molecule has 1 saturated heterocycles. The van der Waals surface area contributed by atoms with Gasteiger partial charge in [0.05, 0.1) is 0 Å². The topological polar surface area (TPSA) is 33.5 Å². The monoisotopic (exact) mass is 239 g/mol. The number of rotatable bonds is 2. The van der Waals surface area contributed by atoms with Crippen molar-refractivity contribution in [2.24, 2.45) is 0 Å². The molecule has 0 amide bonds. The third kappa shape index (κ3) is 2.61. The van der Waals surface area contributed by atoms with E-state index in [9.17, 15) is 4.79 Å². The van der Waals surface area contributed by atoms with Crippen molar-refractivity contribution >= 4 is 23.9 Å². The Kier molecular flexibility index (Phi) is 3.28. The number of furan rings is 1. The van der Waals surface area contributed by atoms with Crippen LogP contribution in [0.15, 0.2) is 16.5 Å². The SMILES string of the molecule is CC1(C)CCN(c2ccc(C=O)o2)CCS1. The lowest BCUT2D eigenvalue weighted by molar-refractivity contribution is 0.110. The molecule has 1 aromatic heterocycles.